The molecule has 0 bridgehead atoms. The zero-order valence-corrected chi connectivity index (χ0v) is 18.2. The number of hydroxylamine groups is 1. The van der Waals surface area contributed by atoms with Gasteiger partial charge in [0.2, 0.25) is 0 Å². The van der Waals surface area contributed by atoms with Gasteiger partial charge in [-0.3, -0.25) is 9.78 Å². The lowest BCUT2D eigenvalue weighted by molar-refractivity contribution is -0.148. The maximum Gasteiger partial charge on any atom is 0.253 e. The largest absolute Gasteiger partial charge is 0.366 e. The topological polar surface area (TPSA) is 75.7 Å². The summed E-state index contributed by atoms with van der Waals surface area (Å²) in [6.07, 6.45) is 5.63. The van der Waals surface area contributed by atoms with Crippen LogP contribution in [-0.2, 0) is 20.8 Å². The van der Waals surface area contributed by atoms with Crippen molar-refractivity contribution in [3.8, 4) is 0 Å². The molecule has 1 aromatic rings. The van der Waals surface area contributed by atoms with Crippen molar-refractivity contribution < 1.29 is 14.4 Å². The minimum absolute atomic E-state index is 0.00918. The molecule has 0 aromatic carbocycles. The molecule has 2 heterocycles. The number of hydrogen-bond donors (Lipinski definition) is 2. The van der Waals surface area contributed by atoms with Crippen LogP contribution in [0.3, 0.4) is 0 Å². The van der Waals surface area contributed by atoms with E-state index in [9.17, 15) is 4.79 Å². The predicted octanol–water partition coefficient (Wildman–Crippen LogP) is 2.33. The van der Waals surface area contributed by atoms with Crippen molar-refractivity contribution in [1.82, 2.24) is 20.7 Å². The molecule has 0 radical (unpaired) electrons. The SMILES string of the molecule is CONCCCc1cc([C@@H](C)N(C(=O)[C@H]2CNCCO2)C2CC2)cnc1C(C)C. The Bertz CT molecular complexity index is 672. The molecule has 1 amide bonds. The van der Waals surface area contributed by atoms with E-state index in [1.54, 1.807) is 7.11 Å². The highest BCUT2D eigenvalue weighted by Gasteiger charge is 2.40. The number of aromatic nitrogens is 1. The van der Waals surface area contributed by atoms with Crippen LogP contribution >= 0.6 is 0 Å². The molecule has 0 unspecified atom stereocenters. The number of hydrogen-bond acceptors (Lipinski definition) is 6. The van der Waals surface area contributed by atoms with Crippen molar-refractivity contribution in [3.05, 3.63) is 29.1 Å². The van der Waals surface area contributed by atoms with Crippen molar-refractivity contribution in [2.45, 2.75) is 70.6 Å². The molecule has 7 heteroatoms. The van der Waals surface area contributed by atoms with Gasteiger partial charge in [0, 0.05) is 37.6 Å². The summed E-state index contributed by atoms with van der Waals surface area (Å²) in [6, 6.07) is 2.56. The maximum absolute atomic E-state index is 13.2. The summed E-state index contributed by atoms with van der Waals surface area (Å²) in [6.45, 7) is 9.27. The van der Waals surface area contributed by atoms with E-state index in [4.69, 9.17) is 14.6 Å². The van der Waals surface area contributed by atoms with Crippen molar-refractivity contribution in [2.24, 2.45) is 0 Å². The summed E-state index contributed by atoms with van der Waals surface area (Å²) in [4.78, 5) is 25.0. The Labute approximate surface area is 174 Å². The second-order valence-electron chi connectivity index (χ2n) is 8.39. The van der Waals surface area contributed by atoms with Crippen molar-refractivity contribution in [2.75, 3.05) is 33.4 Å². The summed E-state index contributed by atoms with van der Waals surface area (Å²) in [5.41, 5.74) is 6.41. The van der Waals surface area contributed by atoms with Gasteiger partial charge in [-0.05, 0) is 49.7 Å². The summed E-state index contributed by atoms with van der Waals surface area (Å²) < 4.78 is 5.75. The van der Waals surface area contributed by atoms with Crippen LogP contribution in [0.1, 0.15) is 68.8 Å². The minimum Gasteiger partial charge on any atom is -0.366 e. The van der Waals surface area contributed by atoms with Gasteiger partial charge >= 0.3 is 0 Å². The third-order valence-corrected chi connectivity index (χ3v) is 5.74. The smallest absolute Gasteiger partial charge is 0.253 e. The average Bonchev–Trinajstić information content (AvgIpc) is 3.56. The molecular formula is C22H36N4O3. The molecule has 7 nitrogen and oxygen atoms in total. The fourth-order valence-electron chi connectivity index (χ4n) is 4.03. The first-order chi connectivity index (χ1) is 14.0. The highest BCUT2D eigenvalue weighted by atomic mass is 16.6. The van der Waals surface area contributed by atoms with E-state index in [1.165, 1.54) is 5.56 Å². The first kappa shape index (κ1) is 22.2. The fraction of sp³-hybridized carbons (Fsp3) is 0.727. The van der Waals surface area contributed by atoms with Gasteiger partial charge in [-0.2, -0.15) is 0 Å². The van der Waals surface area contributed by atoms with Crippen molar-refractivity contribution in [3.63, 3.8) is 0 Å². The van der Waals surface area contributed by atoms with Crippen LogP contribution in [0.15, 0.2) is 12.3 Å². The number of aryl methyl sites for hydroxylation is 1. The predicted molar refractivity (Wildman–Crippen MR) is 113 cm³/mol. The Hall–Kier alpha value is -1.54. The Balaban J connectivity index is 1.78. The molecule has 2 fully saturated rings. The molecular weight excluding hydrogens is 368 g/mol. The van der Waals surface area contributed by atoms with Crippen LogP contribution in [0.25, 0.3) is 0 Å². The van der Waals surface area contributed by atoms with Crippen LogP contribution < -0.4 is 10.8 Å². The molecule has 29 heavy (non-hydrogen) atoms. The van der Waals surface area contributed by atoms with Gasteiger partial charge in [0.25, 0.3) is 5.91 Å². The highest BCUT2D eigenvalue weighted by molar-refractivity contribution is 5.82. The summed E-state index contributed by atoms with van der Waals surface area (Å²) in [5.74, 6) is 0.471. The van der Waals surface area contributed by atoms with Gasteiger partial charge in [-0.1, -0.05) is 19.9 Å². The van der Waals surface area contributed by atoms with E-state index < -0.39 is 0 Å². The van der Waals surface area contributed by atoms with E-state index >= 15 is 0 Å². The number of nitrogens with zero attached hydrogens (tertiary/aromatic N) is 2. The second-order valence-corrected chi connectivity index (χ2v) is 8.39. The molecule has 3 rings (SSSR count). The third-order valence-electron chi connectivity index (χ3n) is 5.74. The van der Waals surface area contributed by atoms with E-state index in [0.29, 0.717) is 25.1 Å². The number of carbonyl (C=O) groups is 1. The lowest BCUT2D eigenvalue weighted by Crippen LogP contribution is -2.50. The van der Waals surface area contributed by atoms with Crippen LogP contribution in [-0.4, -0.2) is 61.3 Å². The van der Waals surface area contributed by atoms with E-state index in [1.807, 2.05) is 11.1 Å². The lowest BCUT2D eigenvalue weighted by atomic mass is 9.96. The molecule has 1 aromatic heterocycles. The molecule has 0 spiro atoms. The molecule has 1 saturated carbocycles. The van der Waals surface area contributed by atoms with Gasteiger partial charge < -0.3 is 19.8 Å². The monoisotopic (exact) mass is 404 g/mol. The molecule has 162 valence electrons. The fourth-order valence-corrected chi connectivity index (χ4v) is 4.03. The number of morpholine rings is 1. The maximum atomic E-state index is 13.2. The Morgan fingerprint density at radius 1 is 1.41 bits per heavy atom. The number of ether oxygens (including phenoxy) is 1. The van der Waals surface area contributed by atoms with Crippen LogP contribution in [0, 0.1) is 0 Å². The van der Waals surface area contributed by atoms with E-state index in [2.05, 4.69) is 37.6 Å². The number of amides is 1. The third kappa shape index (κ3) is 5.75. The molecule has 2 N–H and O–H groups in total. The molecule has 2 atom stereocenters. The second kappa shape index (κ2) is 10.5. The summed E-state index contributed by atoms with van der Waals surface area (Å²) >= 11 is 0. The quantitative estimate of drug-likeness (QED) is 0.460. The van der Waals surface area contributed by atoms with Gasteiger partial charge in [0.05, 0.1) is 19.8 Å². The minimum atomic E-state index is -0.380. The highest BCUT2D eigenvalue weighted by Crippen LogP contribution is 2.36. The first-order valence-corrected chi connectivity index (χ1v) is 10.9. The molecule has 2 aliphatic rings. The number of rotatable bonds is 10. The Kier molecular flexibility index (Phi) is 8.00. The van der Waals surface area contributed by atoms with E-state index in [0.717, 1.165) is 50.0 Å². The van der Waals surface area contributed by atoms with Crippen molar-refractivity contribution in [1.29, 1.82) is 0 Å². The van der Waals surface area contributed by atoms with Gasteiger partial charge in [0.1, 0.15) is 6.10 Å². The normalized spacial score (nSPS) is 20.7. The molecule has 1 aliphatic carbocycles. The van der Waals surface area contributed by atoms with Gasteiger partial charge in [0.15, 0.2) is 0 Å². The average molecular weight is 405 g/mol. The van der Waals surface area contributed by atoms with E-state index in [-0.39, 0.29) is 18.1 Å². The zero-order chi connectivity index (χ0) is 20.8. The summed E-state index contributed by atoms with van der Waals surface area (Å²) in [5, 5.41) is 3.27. The number of nitrogens with one attached hydrogen (secondary N) is 2. The van der Waals surface area contributed by atoms with Crippen molar-refractivity contribution >= 4 is 5.91 Å². The van der Waals surface area contributed by atoms with Crippen LogP contribution in [0.2, 0.25) is 0 Å². The standard InChI is InChI=1S/C22H36N4O3/c1-15(2)21-17(6-5-9-25-28-4)12-18(13-24-21)16(3)26(19-7-8-19)22(27)20-14-23-10-11-29-20/h12-13,15-16,19-20,23,25H,5-11,14H2,1-4H3/t16-,20-/m1/s1. The van der Waals surface area contributed by atoms with Crippen LogP contribution in [0.4, 0.5) is 0 Å². The van der Waals surface area contributed by atoms with Gasteiger partial charge in [-0.25, -0.2) is 5.48 Å². The number of carbonyl (C=O) groups excluding carboxylic acids is 1. The molecule has 1 saturated heterocycles. The lowest BCUT2D eigenvalue weighted by Gasteiger charge is -2.34. The Morgan fingerprint density at radius 3 is 2.83 bits per heavy atom. The first-order valence-electron chi connectivity index (χ1n) is 10.9. The molecule has 1 aliphatic heterocycles. The Morgan fingerprint density at radius 2 is 2.21 bits per heavy atom. The van der Waals surface area contributed by atoms with Crippen LogP contribution in [0.5, 0.6) is 0 Å². The zero-order valence-electron chi connectivity index (χ0n) is 18.2. The number of pyridine rings is 1. The van der Waals surface area contributed by atoms with Gasteiger partial charge in [-0.15, -0.1) is 0 Å². The summed E-state index contributed by atoms with van der Waals surface area (Å²) in [7, 11) is 1.64.